The Morgan fingerprint density at radius 1 is 1.59 bits per heavy atom. The van der Waals surface area contributed by atoms with Crippen LogP contribution in [0.1, 0.15) is 26.1 Å². The van der Waals surface area contributed by atoms with Gasteiger partial charge in [0.2, 0.25) is 0 Å². The molecule has 0 fully saturated rings. The molecule has 92 valence electrons. The summed E-state index contributed by atoms with van der Waals surface area (Å²) in [7, 11) is 0. The van der Waals surface area contributed by atoms with E-state index in [1.165, 1.54) is 0 Å². The highest BCUT2D eigenvalue weighted by molar-refractivity contribution is 6.29. The van der Waals surface area contributed by atoms with Gasteiger partial charge in [-0.1, -0.05) is 11.6 Å². The molecule has 1 N–H and O–H groups in total. The maximum atomic E-state index is 5.90. The van der Waals surface area contributed by atoms with Gasteiger partial charge in [-0.3, -0.25) is 0 Å². The Kier molecular flexibility index (Phi) is 5.75. The predicted molar refractivity (Wildman–Crippen MR) is 68.9 cm³/mol. The monoisotopic (exact) mass is 253 g/mol. The Morgan fingerprint density at radius 3 is 3.00 bits per heavy atom. The van der Waals surface area contributed by atoms with Crippen LogP contribution >= 0.6 is 11.6 Å². The number of hydrogen-bond donors (Lipinski definition) is 1. The lowest BCUT2D eigenvalue weighted by molar-refractivity contribution is 0.128. The summed E-state index contributed by atoms with van der Waals surface area (Å²) in [6, 6.07) is 1.82. The molecule has 0 spiro atoms. The van der Waals surface area contributed by atoms with E-state index < -0.39 is 0 Å². The molecule has 0 aliphatic carbocycles. The highest BCUT2D eigenvalue weighted by atomic mass is 35.5. The van der Waals surface area contributed by atoms with Gasteiger partial charge >= 0.3 is 0 Å². The number of halogens is 1. The number of nitrogens with one attached hydrogen (secondary N) is 1. The summed E-state index contributed by atoms with van der Waals surface area (Å²) >= 11 is 5.90. The van der Waals surface area contributed by atoms with Crippen molar-refractivity contribution in [2.24, 2.45) is 0 Å². The fraction of sp³-hybridized carbons (Fsp3) is 0.500. The molecule has 0 aliphatic rings. The van der Waals surface area contributed by atoms with Gasteiger partial charge in [0.25, 0.3) is 0 Å². The largest absolute Gasteiger partial charge is 0.374 e. The summed E-state index contributed by atoms with van der Waals surface area (Å²) in [5.41, 5.74) is 0. The molecule has 1 rings (SSSR count). The van der Waals surface area contributed by atoms with Crippen LogP contribution in [0.5, 0.6) is 0 Å². The van der Waals surface area contributed by atoms with Crippen LogP contribution in [-0.4, -0.2) is 22.6 Å². The molecule has 0 saturated carbocycles. The van der Waals surface area contributed by atoms with Gasteiger partial charge in [-0.05, 0) is 13.8 Å². The third kappa shape index (κ3) is 5.03. The van der Waals surface area contributed by atoms with Gasteiger partial charge in [0.15, 0.2) is 5.82 Å². The van der Waals surface area contributed by atoms with Crippen molar-refractivity contribution in [1.29, 1.82) is 0 Å². The molecule has 1 unspecified atom stereocenters. The molecule has 0 radical (unpaired) electrons. The van der Waals surface area contributed by atoms with Crippen LogP contribution in [0.2, 0.25) is 5.15 Å². The van der Waals surface area contributed by atoms with E-state index in [2.05, 4.69) is 21.2 Å². The van der Waals surface area contributed by atoms with Crippen LogP contribution < -0.4 is 5.32 Å². The first-order valence-corrected chi connectivity index (χ1v) is 5.84. The lowest BCUT2D eigenvalue weighted by Gasteiger charge is -2.12. The minimum atomic E-state index is 0.144. The number of anilines is 1. The topological polar surface area (TPSA) is 47.0 Å². The summed E-state index contributed by atoms with van der Waals surface area (Å²) in [5, 5.41) is 3.56. The van der Waals surface area contributed by atoms with E-state index in [1.54, 1.807) is 6.07 Å². The van der Waals surface area contributed by atoms with Gasteiger partial charge in [-0.15, -0.1) is 12.3 Å². The molecule has 0 aliphatic heterocycles. The maximum Gasteiger partial charge on any atom is 0.158 e. The Labute approximate surface area is 107 Å². The zero-order valence-electron chi connectivity index (χ0n) is 10.0. The van der Waals surface area contributed by atoms with Crippen molar-refractivity contribution in [2.45, 2.75) is 32.9 Å². The highest BCUT2D eigenvalue weighted by Gasteiger charge is 2.06. The normalized spacial score (nSPS) is 11.9. The van der Waals surface area contributed by atoms with Gasteiger partial charge < -0.3 is 10.1 Å². The first-order valence-electron chi connectivity index (χ1n) is 5.47. The van der Waals surface area contributed by atoms with Crippen molar-refractivity contribution in [3.8, 4) is 12.3 Å². The van der Waals surface area contributed by atoms with E-state index in [-0.39, 0.29) is 6.04 Å². The van der Waals surface area contributed by atoms with Gasteiger partial charge in [0, 0.05) is 25.1 Å². The van der Waals surface area contributed by atoms with Crippen LogP contribution in [-0.2, 0) is 11.3 Å². The lowest BCUT2D eigenvalue weighted by Crippen LogP contribution is -2.16. The van der Waals surface area contributed by atoms with Crippen LogP contribution in [0.15, 0.2) is 6.07 Å². The molecule has 5 heteroatoms. The van der Waals surface area contributed by atoms with E-state index in [0.717, 1.165) is 0 Å². The average Bonchev–Trinajstić information content (AvgIpc) is 2.25. The van der Waals surface area contributed by atoms with E-state index in [1.807, 2.05) is 13.8 Å². The summed E-state index contributed by atoms with van der Waals surface area (Å²) in [6.45, 7) is 4.87. The number of rotatable bonds is 6. The second kappa shape index (κ2) is 7.10. The standard InChI is InChI=1S/C12H16ClN3O/c1-4-6-9(3)14-11-7-10(13)15-12(16-11)8-17-5-2/h1,7,9H,5-6,8H2,2-3H3,(H,14,15,16). The number of nitrogens with zero attached hydrogens (tertiary/aromatic N) is 2. The summed E-state index contributed by atoms with van der Waals surface area (Å²) in [6.07, 6.45) is 5.87. The summed E-state index contributed by atoms with van der Waals surface area (Å²) < 4.78 is 5.24. The number of hydrogen-bond acceptors (Lipinski definition) is 4. The van der Waals surface area contributed by atoms with Gasteiger partial charge in [-0.25, -0.2) is 9.97 Å². The first kappa shape index (κ1) is 13.8. The Bertz CT molecular complexity index is 403. The summed E-state index contributed by atoms with van der Waals surface area (Å²) in [4.78, 5) is 8.37. The van der Waals surface area contributed by atoms with Crippen molar-refractivity contribution >= 4 is 17.4 Å². The van der Waals surface area contributed by atoms with Crippen molar-refractivity contribution in [3.63, 3.8) is 0 Å². The van der Waals surface area contributed by atoms with Crippen LogP contribution in [0.4, 0.5) is 5.82 Å². The molecule has 0 amide bonds. The Morgan fingerprint density at radius 2 is 2.35 bits per heavy atom. The average molecular weight is 254 g/mol. The fourth-order valence-electron chi connectivity index (χ4n) is 1.28. The third-order valence-electron chi connectivity index (χ3n) is 1.99. The minimum absolute atomic E-state index is 0.144. The van der Waals surface area contributed by atoms with Gasteiger partial charge in [0.1, 0.15) is 17.6 Å². The van der Waals surface area contributed by atoms with E-state index in [4.69, 9.17) is 22.8 Å². The zero-order valence-corrected chi connectivity index (χ0v) is 10.8. The minimum Gasteiger partial charge on any atom is -0.374 e. The predicted octanol–water partition coefficient (Wildman–Crippen LogP) is 2.49. The van der Waals surface area contributed by atoms with E-state index in [0.29, 0.717) is 36.4 Å². The van der Waals surface area contributed by atoms with Crippen LogP contribution in [0.25, 0.3) is 0 Å². The Balaban J connectivity index is 2.72. The highest BCUT2D eigenvalue weighted by Crippen LogP contribution is 2.13. The molecule has 0 bridgehead atoms. The molecule has 4 nitrogen and oxygen atoms in total. The van der Waals surface area contributed by atoms with Crippen LogP contribution in [0, 0.1) is 12.3 Å². The van der Waals surface area contributed by atoms with E-state index in [9.17, 15) is 0 Å². The fourth-order valence-corrected chi connectivity index (χ4v) is 1.48. The van der Waals surface area contributed by atoms with Crippen molar-refractivity contribution in [2.75, 3.05) is 11.9 Å². The third-order valence-corrected chi connectivity index (χ3v) is 2.19. The second-order valence-corrected chi connectivity index (χ2v) is 3.97. The van der Waals surface area contributed by atoms with E-state index >= 15 is 0 Å². The number of aromatic nitrogens is 2. The molecule has 1 atom stereocenters. The maximum absolute atomic E-state index is 5.90. The molecule has 1 heterocycles. The van der Waals surface area contributed by atoms with Gasteiger partial charge in [0.05, 0.1) is 0 Å². The molecular formula is C12H16ClN3O. The van der Waals surface area contributed by atoms with Crippen molar-refractivity contribution < 1.29 is 4.74 Å². The molecular weight excluding hydrogens is 238 g/mol. The first-order chi connectivity index (χ1) is 8.15. The zero-order chi connectivity index (χ0) is 12.7. The smallest absolute Gasteiger partial charge is 0.158 e. The second-order valence-electron chi connectivity index (χ2n) is 3.58. The molecule has 1 aromatic heterocycles. The van der Waals surface area contributed by atoms with Crippen molar-refractivity contribution in [3.05, 3.63) is 17.0 Å². The van der Waals surface area contributed by atoms with Crippen molar-refractivity contribution in [1.82, 2.24) is 9.97 Å². The lowest BCUT2D eigenvalue weighted by atomic mass is 10.2. The quantitative estimate of drug-likeness (QED) is 0.625. The molecule has 17 heavy (non-hydrogen) atoms. The summed E-state index contributed by atoms with van der Waals surface area (Å²) in [5.74, 6) is 3.82. The van der Waals surface area contributed by atoms with Crippen LogP contribution in [0.3, 0.4) is 0 Å². The number of ether oxygens (including phenoxy) is 1. The SMILES string of the molecule is C#CCC(C)Nc1cc(Cl)nc(COCC)n1. The van der Waals surface area contributed by atoms with Gasteiger partial charge in [-0.2, -0.15) is 0 Å². The molecule has 0 saturated heterocycles. The number of terminal acetylenes is 1. The molecule has 0 aromatic carbocycles. The Hall–Kier alpha value is -1.31. The molecule has 1 aromatic rings.